The van der Waals surface area contributed by atoms with E-state index < -0.39 is 9.84 Å². The van der Waals surface area contributed by atoms with Gasteiger partial charge in [0, 0.05) is 6.42 Å². The maximum atomic E-state index is 13.2. The zero-order chi connectivity index (χ0) is 28.1. The van der Waals surface area contributed by atoms with Gasteiger partial charge >= 0.3 is 5.97 Å². The monoisotopic (exact) mass is 558 g/mol. The lowest BCUT2D eigenvalue weighted by Crippen LogP contribution is -2.47. The first-order chi connectivity index (χ1) is 19.1. The highest BCUT2D eigenvalue weighted by Gasteiger charge is 2.57. The quantitative estimate of drug-likeness (QED) is 0.339. The SMILES string of the molecule is CC(CS(=O)(=O)c1ccccc1)[C@H]1CC[C@H]2C3=CC=C4CC(OC(=O)c5ccccc5)CC[C@]4(C)[C@H]3CC[C@]12C. The summed E-state index contributed by atoms with van der Waals surface area (Å²) < 4.78 is 32.4. The lowest BCUT2D eigenvalue weighted by Gasteiger charge is -2.55. The van der Waals surface area contributed by atoms with Crippen LogP contribution in [-0.2, 0) is 14.6 Å². The van der Waals surface area contributed by atoms with Gasteiger partial charge in [-0.1, -0.05) is 80.5 Å². The lowest BCUT2D eigenvalue weighted by atomic mass is 9.50. The Morgan fingerprint density at radius 2 is 1.60 bits per heavy atom. The molecule has 2 aromatic carbocycles. The van der Waals surface area contributed by atoms with E-state index in [1.54, 1.807) is 17.7 Å². The number of sulfone groups is 1. The number of carbonyl (C=O) groups excluding carboxylic acids is 1. The fourth-order valence-electron chi connectivity index (χ4n) is 9.02. The van der Waals surface area contributed by atoms with Crippen molar-refractivity contribution < 1.29 is 17.9 Å². The summed E-state index contributed by atoms with van der Waals surface area (Å²) in [5.74, 6) is 1.56. The van der Waals surface area contributed by atoms with Crippen LogP contribution >= 0.6 is 0 Å². The Kier molecular flexibility index (Phi) is 7.09. The number of benzene rings is 2. The van der Waals surface area contributed by atoms with Gasteiger partial charge in [-0.25, -0.2) is 13.2 Å². The van der Waals surface area contributed by atoms with Crippen molar-refractivity contribution in [3.63, 3.8) is 0 Å². The van der Waals surface area contributed by atoms with Crippen LogP contribution in [0.15, 0.2) is 88.9 Å². The Hall–Kier alpha value is -2.66. The minimum Gasteiger partial charge on any atom is -0.458 e. The molecule has 0 radical (unpaired) electrons. The molecule has 0 aromatic heterocycles. The van der Waals surface area contributed by atoms with Gasteiger partial charge in [0.25, 0.3) is 0 Å². The number of hydrogen-bond donors (Lipinski definition) is 0. The van der Waals surface area contributed by atoms with Crippen molar-refractivity contribution in [1.29, 1.82) is 0 Å². The number of rotatable bonds is 6. The van der Waals surface area contributed by atoms with E-state index in [0.717, 1.165) is 44.9 Å². The minimum atomic E-state index is -3.30. The van der Waals surface area contributed by atoms with E-state index in [0.29, 0.717) is 28.2 Å². The third-order valence-corrected chi connectivity index (χ3v) is 13.1. The molecule has 0 heterocycles. The number of fused-ring (bicyclic) bond motifs is 5. The van der Waals surface area contributed by atoms with Crippen molar-refractivity contribution in [2.24, 2.45) is 34.5 Å². The van der Waals surface area contributed by atoms with E-state index in [1.165, 1.54) is 5.57 Å². The highest BCUT2D eigenvalue weighted by molar-refractivity contribution is 7.91. The second kappa shape index (κ2) is 10.3. The molecule has 6 rings (SSSR count). The first-order valence-corrected chi connectivity index (χ1v) is 16.7. The lowest BCUT2D eigenvalue weighted by molar-refractivity contribution is 0.00646. The smallest absolute Gasteiger partial charge is 0.338 e. The van der Waals surface area contributed by atoms with Crippen molar-refractivity contribution in [1.82, 2.24) is 0 Å². The number of carbonyl (C=O) groups is 1. The second-order valence-corrected chi connectivity index (χ2v) is 15.4. The van der Waals surface area contributed by atoms with Gasteiger partial charge in [-0.15, -0.1) is 0 Å². The number of allylic oxidation sites excluding steroid dienone is 3. The number of esters is 1. The van der Waals surface area contributed by atoms with Crippen LogP contribution in [0.5, 0.6) is 0 Å². The maximum Gasteiger partial charge on any atom is 0.338 e. The molecular formula is C35H42O4S. The molecule has 0 saturated heterocycles. The summed E-state index contributed by atoms with van der Waals surface area (Å²) in [4.78, 5) is 13.1. The Morgan fingerprint density at radius 3 is 2.33 bits per heavy atom. The molecule has 0 bridgehead atoms. The highest BCUT2D eigenvalue weighted by Crippen LogP contribution is 2.66. The molecule has 0 N–H and O–H groups in total. The first-order valence-electron chi connectivity index (χ1n) is 15.1. The van der Waals surface area contributed by atoms with Crippen LogP contribution in [0.25, 0.3) is 0 Å². The van der Waals surface area contributed by atoms with Gasteiger partial charge in [0.2, 0.25) is 0 Å². The third-order valence-electron chi connectivity index (χ3n) is 11.2. The summed E-state index contributed by atoms with van der Waals surface area (Å²) in [6.07, 6.45) is 12.0. The van der Waals surface area contributed by atoms with Crippen LogP contribution in [0.3, 0.4) is 0 Å². The second-order valence-electron chi connectivity index (χ2n) is 13.3. The van der Waals surface area contributed by atoms with Gasteiger partial charge in [0.15, 0.2) is 9.84 Å². The van der Waals surface area contributed by atoms with Crippen LogP contribution in [0, 0.1) is 34.5 Å². The van der Waals surface area contributed by atoms with Gasteiger partial charge in [-0.2, -0.15) is 0 Å². The molecule has 0 spiro atoms. The first kappa shape index (κ1) is 27.5. The van der Waals surface area contributed by atoms with Gasteiger partial charge in [-0.05, 0) is 97.3 Å². The van der Waals surface area contributed by atoms with Gasteiger partial charge in [-0.3, -0.25) is 0 Å². The van der Waals surface area contributed by atoms with E-state index in [2.05, 4.69) is 32.9 Å². The van der Waals surface area contributed by atoms with Crippen LogP contribution < -0.4 is 0 Å². The molecule has 4 aliphatic carbocycles. The molecule has 0 amide bonds. The normalized spacial score (nSPS) is 34.0. The molecule has 4 nitrogen and oxygen atoms in total. The molecule has 4 aliphatic rings. The molecule has 0 aliphatic heterocycles. The predicted molar refractivity (Wildman–Crippen MR) is 158 cm³/mol. The Balaban J connectivity index is 1.18. The average molecular weight is 559 g/mol. The van der Waals surface area contributed by atoms with Gasteiger partial charge in [0.1, 0.15) is 6.10 Å². The van der Waals surface area contributed by atoms with Crippen molar-refractivity contribution in [3.05, 3.63) is 89.5 Å². The van der Waals surface area contributed by atoms with Crippen LogP contribution in [0.4, 0.5) is 0 Å². The summed E-state index contributed by atoms with van der Waals surface area (Å²) in [5, 5.41) is 0. The topological polar surface area (TPSA) is 60.4 Å². The number of hydrogen-bond acceptors (Lipinski definition) is 4. The molecule has 212 valence electrons. The summed E-state index contributed by atoms with van der Waals surface area (Å²) in [5.41, 5.74) is 3.89. The summed E-state index contributed by atoms with van der Waals surface area (Å²) >= 11 is 0. The zero-order valence-electron chi connectivity index (χ0n) is 24.0. The van der Waals surface area contributed by atoms with Crippen LogP contribution in [0.2, 0.25) is 0 Å². The van der Waals surface area contributed by atoms with E-state index in [9.17, 15) is 13.2 Å². The fraction of sp³-hybridized carbons (Fsp3) is 0.514. The standard InChI is InChI=1S/C35H42O4S/c1-24(23-40(37,38)28-12-8-5-9-13-28)30-16-17-31-29-15-14-26-22-27(39-33(36)25-10-6-4-7-11-25)18-20-34(26,2)32(29)19-21-35(30,31)3/h4-15,24,27,30-32H,16-23H2,1-3H3/t24?,27?,30-,31+,32+,34+,35-/m1/s1. The minimum absolute atomic E-state index is 0.0703. The zero-order valence-corrected chi connectivity index (χ0v) is 24.8. The van der Waals surface area contributed by atoms with Crippen molar-refractivity contribution in [2.45, 2.75) is 76.7 Å². The van der Waals surface area contributed by atoms with Crippen molar-refractivity contribution >= 4 is 15.8 Å². The summed E-state index contributed by atoms with van der Waals surface area (Å²) in [6.45, 7) is 7.05. The molecule has 3 fully saturated rings. The molecule has 3 saturated carbocycles. The summed E-state index contributed by atoms with van der Waals surface area (Å²) in [6, 6.07) is 18.2. The Labute approximate surface area is 239 Å². The van der Waals surface area contributed by atoms with Crippen LogP contribution in [-0.4, -0.2) is 26.2 Å². The van der Waals surface area contributed by atoms with E-state index in [4.69, 9.17) is 4.74 Å². The molecule has 2 aromatic rings. The maximum absolute atomic E-state index is 13.2. The van der Waals surface area contributed by atoms with E-state index in [1.807, 2.05) is 48.5 Å². The third kappa shape index (κ3) is 4.68. The summed E-state index contributed by atoms with van der Waals surface area (Å²) in [7, 11) is -3.30. The molecule has 40 heavy (non-hydrogen) atoms. The highest BCUT2D eigenvalue weighted by atomic mass is 32.2. The van der Waals surface area contributed by atoms with E-state index in [-0.39, 0.29) is 34.6 Å². The average Bonchev–Trinajstić information content (AvgIpc) is 3.31. The van der Waals surface area contributed by atoms with Crippen molar-refractivity contribution in [2.75, 3.05) is 5.75 Å². The fourth-order valence-corrected chi connectivity index (χ4v) is 10.7. The van der Waals surface area contributed by atoms with Crippen molar-refractivity contribution in [3.8, 4) is 0 Å². The number of ether oxygens (including phenoxy) is 1. The Morgan fingerprint density at radius 1 is 0.900 bits per heavy atom. The van der Waals surface area contributed by atoms with Gasteiger partial charge in [0.05, 0.1) is 16.2 Å². The molecular weight excluding hydrogens is 516 g/mol. The predicted octanol–water partition coefficient (Wildman–Crippen LogP) is 7.82. The Bertz CT molecular complexity index is 1430. The van der Waals surface area contributed by atoms with Crippen LogP contribution in [0.1, 0.15) is 76.1 Å². The largest absolute Gasteiger partial charge is 0.458 e. The molecule has 7 atom stereocenters. The van der Waals surface area contributed by atoms with Gasteiger partial charge < -0.3 is 4.74 Å². The van der Waals surface area contributed by atoms with E-state index >= 15 is 0 Å². The molecule has 2 unspecified atom stereocenters. The molecule has 5 heteroatoms.